The molecule has 2 heterocycles. The number of benzene rings is 3. The second kappa shape index (κ2) is 9.55. The van der Waals surface area contributed by atoms with Crippen molar-refractivity contribution in [3.8, 4) is 5.75 Å². The van der Waals surface area contributed by atoms with E-state index in [4.69, 9.17) is 4.74 Å². The fourth-order valence-corrected chi connectivity index (χ4v) is 8.19. The molecule has 2 aromatic heterocycles. The Morgan fingerprint density at radius 3 is 2.03 bits per heavy atom. The molecule has 5 aromatic rings. The topological polar surface area (TPSA) is 26.3 Å². The van der Waals surface area contributed by atoms with Crippen LogP contribution >= 0.6 is 46.2 Å². The molecular weight excluding hydrogens is 473 g/mol. The smallest absolute Gasteiger partial charge is 0.335 e. The van der Waals surface area contributed by atoms with Gasteiger partial charge in [0.1, 0.15) is 5.75 Å². The number of esters is 1. The van der Waals surface area contributed by atoms with E-state index in [1.807, 2.05) is 35.7 Å². The Labute approximate surface area is 202 Å². The number of thioether (sulfide) groups is 2. The van der Waals surface area contributed by atoms with Crippen molar-refractivity contribution in [2.24, 2.45) is 0 Å². The third-order valence-corrected chi connectivity index (χ3v) is 9.79. The third kappa shape index (κ3) is 4.50. The summed E-state index contributed by atoms with van der Waals surface area (Å²) in [7, 11) is 0. The molecule has 0 spiro atoms. The molecule has 0 aliphatic carbocycles. The van der Waals surface area contributed by atoms with E-state index in [-0.39, 0.29) is 4.58 Å². The standard InChI is InChI=1S/C26H18O2S4/c1-2-23(27)28-20-9-3-8-19(16-20)26(31-21-10-4-6-17-12-14-29-24(17)21)32-22-11-5-7-18-13-15-30-25(18)22/h2-16,26H,1H2. The van der Waals surface area contributed by atoms with E-state index in [1.165, 1.54) is 36.0 Å². The van der Waals surface area contributed by atoms with Crippen LogP contribution in [0.2, 0.25) is 0 Å². The van der Waals surface area contributed by atoms with Gasteiger partial charge in [0.15, 0.2) is 0 Å². The van der Waals surface area contributed by atoms with Crippen molar-refractivity contribution in [3.63, 3.8) is 0 Å². The highest BCUT2D eigenvalue weighted by atomic mass is 32.2. The predicted octanol–water partition coefficient (Wildman–Crippen LogP) is 8.79. The van der Waals surface area contributed by atoms with E-state index < -0.39 is 5.97 Å². The van der Waals surface area contributed by atoms with Gasteiger partial charge in [0.25, 0.3) is 0 Å². The molecule has 0 aliphatic rings. The summed E-state index contributed by atoms with van der Waals surface area (Å²) >= 11 is 7.20. The molecule has 0 bridgehead atoms. The highest BCUT2D eigenvalue weighted by molar-refractivity contribution is 8.16. The van der Waals surface area contributed by atoms with Gasteiger partial charge < -0.3 is 4.74 Å². The monoisotopic (exact) mass is 490 g/mol. The summed E-state index contributed by atoms with van der Waals surface area (Å²) in [6.07, 6.45) is 1.18. The molecule has 0 saturated heterocycles. The molecule has 0 fully saturated rings. The normalized spacial score (nSPS) is 11.3. The van der Waals surface area contributed by atoms with Crippen molar-refractivity contribution in [3.05, 3.63) is 102 Å². The summed E-state index contributed by atoms with van der Waals surface area (Å²) in [5.74, 6) is 0.0768. The lowest BCUT2D eigenvalue weighted by Crippen LogP contribution is -2.03. The van der Waals surface area contributed by atoms with Gasteiger partial charge in [0.05, 0.1) is 4.58 Å². The van der Waals surface area contributed by atoms with E-state index >= 15 is 0 Å². The van der Waals surface area contributed by atoms with Crippen molar-refractivity contribution in [2.75, 3.05) is 0 Å². The lowest BCUT2D eigenvalue weighted by molar-refractivity contribution is -0.128. The maximum Gasteiger partial charge on any atom is 0.335 e. The number of hydrogen-bond donors (Lipinski definition) is 0. The van der Waals surface area contributed by atoms with Gasteiger partial charge in [-0.15, -0.1) is 46.2 Å². The SMILES string of the molecule is C=CC(=O)Oc1cccc(C(Sc2cccc3ccsc23)Sc2cccc3ccsc23)c1. The van der Waals surface area contributed by atoms with E-state index in [0.717, 1.165) is 5.56 Å². The van der Waals surface area contributed by atoms with Crippen LogP contribution in [0.25, 0.3) is 20.2 Å². The molecule has 0 saturated carbocycles. The first-order chi connectivity index (χ1) is 15.7. The number of ether oxygens (including phenoxy) is 1. The number of carbonyl (C=O) groups is 1. The lowest BCUT2D eigenvalue weighted by atomic mass is 10.2. The molecule has 0 unspecified atom stereocenters. The van der Waals surface area contributed by atoms with Crippen LogP contribution in [0.4, 0.5) is 0 Å². The Kier molecular flexibility index (Phi) is 6.37. The van der Waals surface area contributed by atoms with Crippen LogP contribution in [0, 0.1) is 0 Å². The first-order valence-electron chi connectivity index (χ1n) is 9.91. The van der Waals surface area contributed by atoms with Gasteiger partial charge in [-0.2, -0.15) is 0 Å². The molecule has 3 aromatic carbocycles. The zero-order valence-corrected chi connectivity index (χ0v) is 20.2. The summed E-state index contributed by atoms with van der Waals surface area (Å²) in [6, 6.07) is 25.0. The van der Waals surface area contributed by atoms with Crippen LogP contribution in [0.5, 0.6) is 5.75 Å². The average molecular weight is 491 g/mol. The van der Waals surface area contributed by atoms with Crippen molar-refractivity contribution in [2.45, 2.75) is 14.4 Å². The van der Waals surface area contributed by atoms with E-state index in [2.05, 4.69) is 71.9 Å². The quantitative estimate of drug-likeness (QED) is 0.0748. The highest BCUT2D eigenvalue weighted by Crippen LogP contribution is 2.51. The van der Waals surface area contributed by atoms with Gasteiger partial charge in [-0.25, -0.2) is 4.79 Å². The van der Waals surface area contributed by atoms with Crippen molar-refractivity contribution < 1.29 is 9.53 Å². The molecule has 0 aliphatic heterocycles. The van der Waals surface area contributed by atoms with Gasteiger partial charge in [-0.05, 0) is 63.5 Å². The predicted molar refractivity (Wildman–Crippen MR) is 140 cm³/mol. The summed E-state index contributed by atoms with van der Waals surface area (Å²) in [6.45, 7) is 3.49. The van der Waals surface area contributed by atoms with E-state index in [0.29, 0.717) is 5.75 Å². The lowest BCUT2D eigenvalue weighted by Gasteiger charge is -2.18. The zero-order valence-electron chi connectivity index (χ0n) is 16.9. The second-order valence-corrected chi connectivity index (χ2v) is 11.4. The van der Waals surface area contributed by atoms with Gasteiger partial charge in [-0.1, -0.05) is 43.0 Å². The maximum atomic E-state index is 11.7. The summed E-state index contributed by atoms with van der Waals surface area (Å²) in [5.41, 5.74) is 1.09. The Hall–Kier alpha value is -2.51. The highest BCUT2D eigenvalue weighted by Gasteiger charge is 2.19. The van der Waals surface area contributed by atoms with Gasteiger partial charge in [0, 0.05) is 25.3 Å². The Bertz CT molecular complexity index is 1340. The van der Waals surface area contributed by atoms with Crippen LogP contribution in [0.1, 0.15) is 10.1 Å². The van der Waals surface area contributed by atoms with Crippen LogP contribution in [0.15, 0.2) is 106 Å². The molecule has 0 N–H and O–H groups in total. The zero-order chi connectivity index (χ0) is 21.9. The minimum absolute atomic E-state index is 0.0813. The number of carbonyl (C=O) groups excluding carboxylic acids is 1. The summed E-state index contributed by atoms with van der Waals surface area (Å²) in [5, 5.41) is 6.80. The van der Waals surface area contributed by atoms with Crippen LogP contribution in [-0.2, 0) is 4.79 Å². The summed E-state index contributed by atoms with van der Waals surface area (Å²) in [4.78, 5) is 14.2. The molecule has 6 heteroatoms. The largest absolute Gasteiger partial charge is 0.423 e. The molecule has 2 nitrogen and oxygen atoms in total. The maximum absolute atomic E-state index is 11.7. The first kappa shape index (κ1) is 21.3. The third-order valence-electron chi connectivity index (χ3n) is 4.87. The number of fused-ring (bicyclic) bond motifs is 2. The van der Waals surface area contributed by atoms with Gasteiger partial charge >= 0.3 is 5.97 Å². The van der Waals surface area contributed by atoms with Crippen molar-refractivity contribution in [1.29, 1.82) is 0 Å². The van der Waals surface area contributed by atoms with Crippen LogP contribution in [0.3, 0.4) is 0 Å². The minimum Gasteiger partial charge on any atom is -0.423 e. The molecule has 32 heavy (non-hydrogen) atoms. The fourth-order valence-electron chi connectivity index (χ4n) is 3.39. The second-order valence-electron chi connectivity index (χ2n) is 6.96. The van der Waals surface area contributed by atoms with Crippen LogP contribution in [-0.4, -0.2) is 5.97 Å². The number of hydrogen-bond acceptors (Lipinski definition) is 6. The molecular formula is C26H18O2S4. The summed E-state index contributed by atoms with van der Waals surface area (Å²) < 4.78 is 8.08. The van der Waals surface area contributed by atoms with Gasteiger partial charge in [0.2, 0.25) is 0 Å². The Morgan fingerprint density at radius 2 is 1.44 bits per heavy atom. The molecule has 158 valence electrons. The Balaban J connectivity index is 1.55. The minimum atomic E-state index is -0.453. The first-order valence-corrected chi connectivity index (χ1v) is 13.4. The number of thiophene rings is 2. The van der Waals surface area contributed by atoms with E-state index in [9.17, 15) is 4.79 Å². The molecule has 0 radical (unpaired) electrons. The molecule has 5 rings (SSSR count). The molecule has 0 atom stereocenters. The van der Waals surface area contributed by atoms with Crippen LogP contribution < -0.4 is 4.74 Å². The van der Waals surface area contributed by atoms with Crippen molar-refractivity contribution >= 4 is 72.3 Å². The number of rotatable bonds is 7. The Morgan fingerprint density at radius 1 is 0.844 bits per heavy atom. The van der Waals surface area contributed by atoms with Crippen molar-refractivity contribution in [1.82, 2.24) is 0 Å². The van der Waals surface area contributed by atoms with Gasteiger partial charge in [-0.3, -0.25) is 0 Å². The fraction of sp³-hybridized carbons (Fsp3) is 0.0385. The molecule has 0 amide bonds. The van der Waals surface area contributed by atoms with E-state index in [1.54, 1.807) is 28.7 Å². The average Bonchev–Trinajstić information content (AvgIpc) is 3.49.